The highest BCUT2D eigenvalue weighted by Crippen LogP contribution is 2.29. The Labute approximate surface area is 158 Å². The van der Waals surface area contributed by atoms with Gasteiger partial charge in [0.25, 0.3) is 0 Å². The van der Waals surface area contributed by atoms with Gasteiger partial charge in [0.1, 0.15) is 11.5 Å². The van der Waals surface area contributed by atoms with E-state index in [1.807, 2.05) is 12.1 Å². The predicted molar refractivity (Wildman–Crippen MR) is 109 cm³/mol. The van der Waals surface area contributed by atoms with Crippen molar-refractivity contribution in [1.82, 2.24) is 0 Å². The fourth-order valence-electron chi connectivity index (χ4n) is 2.68. The van der Waals surface area contributed by atoms with Crippen molar-refractivity contribution in [3.05, 3.63) is 58.7 Å². The molecule has 0 spiro atoms. The Balaban J connectivity index is 2.55. The van der Waals surface area contributed by atoms with Gasteiger partial charge in [0.2, 0.25) is 0 Å². The maximum absolute atomic E-state index is 5.50. The highest BCUT2D eigenvalue weighted by molar-refractivity contribution is 5.56. The number of rotatable bonds is 2. The second kappa shape index (κ2) is 7.46. The molecule has 0 atom stereocenters. The highest BCUT2D eigenvalue weighted by atomic mass is 16.5. The van der Waals surface area contributed by atoms with Gasteiger partial charge in [-0.3, -0.25) is 0 Å². The standard InChI is InChI=1S/C24H30O2/c1-23(2,3)19-11-13-21(25-7)17(15-19)9-10-18-16-20(24(4,5)6)12-14-22(18)26-8/h11-16H,1-8H3. The fraction of sp³-hybridized carbons (Fsp3) is 0.417. The molecule has 2 rings (SSSR count). The van der Waals surface area contributed by atoms with E-state index in [1.165, 1.54) is 11.1 Å². The van der Waals surface area contributed by atoms with E-state index in [9.17, 15) is 0 Å². The van der Waals surface area contributed by atoms with E-state index < -0.39 is 0 Å². The zero-order valence-corrected chi connectivity index (χ0v) is 17.3. The Bertz CT molecular complexity index is 768. The van der Waals surface area contributed by atoms with Gasteiger partial charge in [0.05, 0.1) is 25.3 Å². The van der Waals surface area contributed by atoms with Crippen molar-refractivity contribution in [2.75, 3.05) is 14.2 Å². The molecule has 0 N–H and O–H groups in total. The Morgan fingerprint density at radius 2 is 0.962 bits per heavy atom. The Hall–Kier alpha value is -2.40. The third kappa shape index (κ3) is 4.61. The van der Waals surface area contributed by atoms with Crippen LogP contribution in [0.3, 0.4) is 0 Å². The molecular formula is C24H30O2. The molecule has 0 aliphatic carbocycles. The van der Waals surface area contributed by atoms with Gasteiger partial charge in [0.15, 0.2) is 0 Å². The molecule has 0 aliphatic heterocycles. The molecule has 0 saturated carbocycles. The van der Waals surface area contributed by atoms with E-state index in [-0.39, 0.29) is 10.8 Å². The first kappa shape index (κ1) is 19.9. The van der Waals surface area contributed by atoms with Crippen molar-refractivity contribution in [2.45, 2.75) is 52.4 Å². The molecule has 0 aliphatic rings. The Kier molecular flexibility index (Phi) is 5.71. The molecule has 0 unspecified atom stereocenters. The van der Waals surface area contributed by atoms with Crippen LogP contribution in [0.15, 0.2) is 36.4 Å². The first-order valence-electron chi connectivity index (χ1n) is 8.95. The second-order valence-electron chi connectivity index (χ2n) is 8.58. The normalized spacial score (nSPS) is 11.5. The lowest BCUT2D eigenvalue weighted by Crippen LogP contribution is -2.11. The van der Waals surface area contributed by atoms with E-state index in [2.05, 4.69) is 77.6 Å². The van der Waals surface area contributed by atoms with Crippen molar-refractivity contribution >= 4 is 0 Å². The van der Waals surface area contributed by atoms with Crippen LogP contribution in [0, 0.1) is 11.8 Å². The maximum Gasteiger partial charge on any atom is 0.134 e. The summed E-state index contributed by atoms with van der Waals surface area (Å²) in [5.41, 5.74) is 4.38. The average molecular weight is 351 g/mol. The van der Waals surface area contributed by atoms with Gasteiger partial charge in [-0.1, -0.05) is 65.5 Å². The molecule has 0 bridgehead atoms. The van der Waals surface area contributed by atoms with Crippen LogP contribution in [0.4, 0.5) is 0 Å². The van der Waals surface area contributed by atoms with Crippen molar-refractivity contribution in [3.63, 3.8) is 0 Å². The molecule has 0 fully saturated rings. The van der Waals surface area contributed by atoms with Gasteiger partial charge in [-0.25, -0.2) is 0 Å². The summed E-state index contributed by atoms with van der Waals surface area (Å²) in [5, 5.41) is 0. The van der Waals surface area contributed by atoms with Crippen LogP contribution < -0.4 is 9.47 Å². The van der Waals surface area contributed by atoms with Gasteiger partial charge in [-0.05, 0) is 46.2 Å². The molecule has 0 aromatic heterocycles. The number of methoxy groups -OCH3 is 2. The van der Waals surface area contributed by atoms with Crippen molar-refractivity contribution in [3.8, 4) is 23.3 Å². The van der Waals surface area contributed by atoms with Crippen LogP contribution >= 0.6 is 0 Å². The Morgan fingerprint density at radius 1 is 0.615 bits per heavy atom. The smallest absolute Gasteiger partial charge is 0.134 e. The van der Waals surface area contributed by atoms with Crippen LogP contribution in [0.25, 0.3) is 0 Å². The van der Waals surface area contributed by atoms with Gasteiger partial charge in [0, 0.05) is 0 Å². The molecule has 0 heterocycles. The lowest BCUT2D eigenvalue weighted by Gasteiger charge is -2.20. The summed E-state index contributed by atoms with van der Waals surface area (Å²) in [6, 6.07) is 12.4. The second-order valence-corrected chi connectivity index (χ2v) is 8.58. The first-order valence-corrected chi connectivity index (χ1v) is 8.95. The number of hydrogen-bond acceptors (Lipinski definition) is 2. The molecule has 0 saturated heterocycles. The summed E-state index contributed by atoms with van der Waals surface area (Å²) in [4.78, 5) is 0. The molecule has 2 aromatic rings. The summed E-state index contributed by atoms with van der Waals surface area (Å²) in [6.07, 6.45) is 0. The minimum atomic E-state index is 0.0620. The van der Waals surface area contributed by atoms with E-state index in [1.54, 1.807) is 14.2 Å². The van der Waals surface area contributed by atoms with Crippen molar-refractivity contribution in [2.24, 2.45) is 0 Å². The van der Waals surface area contributed by atoms with E-state index in [0.29, 0.717) is 0 Å². The molecule has 0 radical (unpaired) electrons. The average Bonchev–Trinajstić information content (AvgIpc) is 2.57. The predicted octanol–water partition coefficient (Wildman–Crippen LogP) is 5.70. The quantitative estimate of drug-likeness (QED) is 0.647. The zero-order valence-electron chi connectivity index (χ0n) is 17.3. The molecule has 26 heavy (non-hydrogen) atoms. The van der Waals surface area contributed by atoms with Gasteiger partial charge in [-0.15, -0.1) is 0 Å². The summed E-state index contributed by atoms with van der Waals surface area (Å²) in [7, 11) is 3.36. The van der Waals surface area contributed by atoms with Crippen molar-refractivity contribution in [1.29, 1.82) is 0 Å². The van der Waals surface area contributed by atoms with Gasteiger partial charge >= 0.3 is 0 Å². The number of hydrogen-bond donors (Lipinski definition) is 0. The summed E-state index contributed by atoms with van der Waals surface area (Å²) >= 11 is 0. The first-order chi connectivity index (χ1) is 12.1. The van der Waals surface area contributed by atoms with Crippen LogP contribution in [0.2, 0.25) is 0 Å². The molecule has 2 nitrogen and oxygen atoms in total. The summed E-state index contributed by atoms with van der Waals surface area (Å²) < 4.78 is 11.0. The monoisotopic (exact) mass is 350 g/mol. The topological polar surface area (TPSA) is 18.5 Å². The number of ether oxygens (including phenoxy) is 2. The van der Waals surface area contributed by atoms with Crippen LogP contribution in [0.1, 0.15) is 63.8 Å². The maximum atomic E-state index is 5.50. The third-order valence-electron chi connectivity index (χ3n) is 4.46. The van der Waals surface area contributed by atoms with Crippen LogP contribution in [0.5, 0.6) is 11.5 Å². The number of benzene rings is 2. The van der Waals surface area contributed by atoms with E-state index in [0.717, 1.165) is 22.6 Å². The van der Waals surface area contributed by atoms with Gasteiger partial charge < -0.3 is 9.47 Å². The molecular weight excluding hydrogens is 320 g/mol. The van der Waals surface area contributed by atoms with Gasteiger partial charge in [-0.2, -0.15) is 0 Å². The van der Waals surface area contributed by atoms with Crippen LogP contribution in [-0.2, 0) is 10.8 Å². The summed E-state index contributed by atoms with van der Waals surface area (Å²) in [5.74, 6) is 8.16. The lowest BCUT2D eigenvalue weighted by atomic mass is 9.85. The third-order valence-corrected chi connectivity index (χ3v) is 4.46. The highest BCUT2D eigenvalue weighted by Gasteiger charge is 2.16. The SMILES string of the molecule is COc1ccc(C(C)(C)C)cc1C#Cc1cc(C(C)(C)C)ccc1OC. The lowest BCUT2D eigenvalue weighted by molar-refractivity contribution is 0.412. The fourth-order valence-corrected chi connectivity index (χ4v) is 2.68. The van der Waals surface area contributed by atoms with E-state index >= 15 is 0 Å². The molecule has 0 amide bonds. The molecule has 2 heteroatoms. The molecule has 138 valence electrons. The molecule has 2 aromatic carbocycles. The van der Waals surface area contributed by atoms with Crippen LogP contribution in [-0.4, -0.2) is 14.2 Å². The zero-order chi connectivity index (χ0) is 19.5. The minimum absolute atomic E-state index is 0.0620. The van der Waals surface area contributed by atoms with E-state index in [4.69, 9.17) is 9.47 Å². The van der Waals surface area contributed by atoms with Crippen molar-refractivity contribution < 1.29 is 9.47 Å². The minimum Gasteiger partial charge on any atom is -0.495 e. The summed E-state index contributed by atoms with van der Waals surface area (Å²) in [6.45, 7) is 13.2. The Morgan fingerprint density at radius 3 is 1.23 bits per heavy atom. The largest absolute Gasteiger partial charge is 0.495 e.